The van der Waals surface area contributed by atoms with E-state index in [1.807, 2.05) is 57.2 Å². The Kier molecular flexibility index (Phi) is 4.75. The third-order valence-corrected chi connectivity index (χ3v) is 5.01. The Morgan fingerprint density at radius 2 is 1.86 bits per heavy atom. The molecule has 4 rings (SSSR count). The lowest BCUT2D eigenvalue weighted by molar-refractivity contribution is 0.101. The van der Waals surface area contributed by atoms with E-state index in [4.69, 9.17) is 16.3 Å². The molecule has 0 atom stereocenters. The Morgan fingerprint density at radius 1 is 1.11 bits per heavy atom. The first-order chi connectivity index (χ1) is 13.3. The molecule has 3 aromatic rings. The molecule has 1 aliphatic rings. The van der Waals surface area contributed by atoms with Crippen LogP contribution in [0.15, 0.2) is 48.7 Å². The maximum absolute atomic E-state index is 10.1. The van der Waals surface area contributed by atoms with E-state index in [9.17, 15) is 5.02 Å². The van der Waals surface area contributed by atoms with Crippen LogP contribution >= 0.6 is 11.6 Å². The summed E-state index contributed by atoms with van der Waals surface area (Å²) in [7, 11) is -1.02. The zero-order valence-corrected chi connectivity index (χ0v) is 16.6. The molecule has 142 valence electrons. The lowest BCUT2D eigenvalue weighted by Crippen LogP contribution is -2.29. The highest BCUT2D eigenvalue weighted by atomic mass is 35.5. The molecule has 0 radical (unpaired) electrons. The van der Waals surface area contributed by atoms with Crippen molar-refractivity contribution in [2.75, 3.05) is 10.6 Å². The van der Waals surface area contributed by atoms with Crippen molar-refractivity contribution in [3.05, 3.63) is 64.8 Å². The topological polar surface area (TPSA) is 79.3 Å². The van der Waals surface area contributed by atoms with Gasteiger partial charge in [-0.3, -0.25) is 0 Å². The van der Waals surface area contributed by atoms with Gasteiger partial charge in [-0.05, 0) is 50.6 Å². The van der Waals surface area contributed by atoms with Crippen molar-refractivity contribution < 1.29 is 9.68 Å². The molecule has 1 aliphatic heterocycles. The fraction of sp³-hybridized carbons (Fsp3) is 0.200. The number of hydrogen-bond donors (Lipinski definition) is 3. The maximum Gasteiger partial charge on any atom is 0.493 e. The summed E-state index contributed by atoms with van der Waals surface area (Å²) in [6, 6.07) is 13.5. The molecule has 0 bridgehead atoms. The number of hydrogen-bond acceptors (Lipinski definition) is 6. The van der Waals surface area contributed by atoms with Gasteiger partial charge in [-0.15, -0.1) is 0 Å². The molecule has 2 aromatic carbocycles. The van der Waals surface area contributed by atoms with Crippen molar-refractivity contribution in [1.82, 2.24) is 9.97 Å². The molecular formula is C20H20BClN4O2. The predicted octanol–water partition coefficient (Wildman–Crippen LogP) is 3.88. The van der Waals surface area contributed by atoms with Gasteiger partial charge in [-0.2, -0.15) is 4.98 Å². The van der Waals surface area contributed by atoms with E-state index < -0.39 is 12.7 Å². The standard InChI is InChI=1S/C20H20BClN4O2/c1-12-11-23-19(26-18(12)24-13-7-5-4-6-8-13)25-14-9-15-17(16(22)10-14)21(27)28-20(15,2)3/h4-11,27H,1-3H3,(H2,23,24,25,26). The number of benzene rings is 2. The van der Waals surface area contributed by atoms with Crippen molar-refractivity contribution in [2.24, 2.45) is 0 Å². The van der Waals surface area contributed by atoms with Gasteiger partial charge in [0.1, 0.15) is 5.82 Å². The molecule has 3 N–H and O–H groups in total. The average molecular weight is 395 g/mol. The number of aromatic nitrogens is 2. The van der Waals surface area contributed by atoms with E-state index in [0.29, 0.717) is 16.4 Å². The van der Waals surface area contributed by atoms with Gasteiger partial charge in [0, 0.05) is 33.6 Å². The van der Waals surface area contributed by atoms with Gasteiger partial charge in [0.2, 0.25) is 5.95 Å². The van der Waals surface area contributed by atoms with Crippen LogP contribution in [0.3, 0.4) is 0 Å². The van der Waals surface area contributed by atoms with E-state index in [1.54, 1.807) is 12.3 Å². The molecule has 0 aliphatic carbocycles. The van der Waals surface area contributed by atoms with Crippen LogP contribution in [0.1, 0.15) is 25.0 Å². The lowest BCUT2D eigenvalue weighted by Gasteiger charge is -2.20. The Balaban J connectivity index is 1.64. The average Bonchev–Trinajstić information content (AvgIpc) is 2.88. The van der Waals surface area contributed by atoms with Crippen molar-refractivity contribution in [3.8, 4) is 0 Å². The minimum absolute atomic E-state index is 0.438. The van der Waals surface area contributed by atoms with Crippen LogP contribution in [-0.2, 0) is 10.3 Å². The second-order valence-electron chi connectivity index (χ2n) is 7.24. The Bertz CT molecular complexity index is 1030. The SMILES string of the molecule is Cc1cnc(Nc2cc(Cl)c3c(c2)C(C)(C)OB3O)nc1Nc1ccccc1. The highest BCUT2D eigenvalue weighted by Crippen LogP contribution is 2.35. The largest absolute Gasteiger partial charge is 0.493 e. The summed E-state index contributed by atoms with van der Waals surface area (Å²) in [5.74, 6) is 1.16. The lowest BCUT2D eigenvalue weighted by atomic mass is 9.78. The van der Waals surface area contributed by atoms with E-state index in [0.717, 1.165) is 28.3 Å². The van der Waals surface area contributed by atoms with Gasteiger partial charge < -0.3 is 20.3 Å². The third kappa shape index (κ3) is 3.56. The molecule has 1 aromatic heterocycles. The van der Waals surface area contributed by atoms with Crippen LogP contribution in [0.4, 0.5) is 23.1 Å². The fourth-order valence-corrected chi connectivity index (χ4v) is 3.57. The van der Waals surface area contributed by atoms with Crippen molar-refractivity contribution in [1.29, 1.82) is 0 Å². The summed E-state index contributed by atoms with van der Waals surface area (Å²) in [6.45, 7) is 5.74. The first-order valence-corrected chi connectivity index (χ1v) is 9.34. The molecule has 0 spiro atoms. The van der Waals surface area contributed by atoms with Crippen LogP contribution in [0, 0.1) is 6.92 Å². The number of nitrogens with one attached hydrogen (secondary N) is 2. The Morgan fingerprint density at radius 3 is 2.61 bits per heavy atom. The second-order valence-corrected chi connectivity index (χ2v) is 7.65. The van der Waals surface area contributed by atoms with Gasteiger partial charge in [-0.1, -0.05) is 29.8 Å². The maximum atomic E-state index is 10.1. The van der Waals surface area contributed by atoms with Crippen molar-refractivity contribution >= 4 is 47.3 Å². The molecule has 6 nitrogen and oxygen atoms in total. The molecule has 28 heavy (non-hydrogen) atoms. The molecule has 8 heteroatoms. The minimum Gasteiger partial charge on any atom is -0.423 e. The number of halogens is 1. The van der Waals surface area contributed by atoms with Crippen molar-refractivity contribution in [3.63, 3.8) is 0 Å². The normalized spacial score (nSPS) is 14.7. The van der Waals surface area contributed by atoms with Crippen molar-refractivity contribution in [2.45, 2.75) is 26.4 Å². The number of fused-ring (bicyclic) bond motifs is 1. The first-order valence-electron chi connectivity index (χ1n) is 8.96. The summed E-state index contributed by atoms with van der Waals surface area (Å²) < 4.78 is 5.61. The number of anilines is 4. The number of aryl methyl sites for hydroxylation is 1. The summed E-state index contributed by atoms with van der Waals surface area (Å²) in [5, 5.41) is 17.1. The predicted molar refractivity (Wildman–Crippen MR) is 113 cm³/mol. The molecule has 0 fully saturated rings. The summed E-state index contributed by atoms with van der Waals surface area (Å²) in [6.07, 6.45) is 1.76. The zero-order chi connectivity index (χ0) is 19.9. The number of para-hydroxylation sites is 1. The highest BCUT2D eigenvalue weighted by Gasteiger charge is 2.42. The molecule has 0 amide bonds. The van der Waals surface area contributed by atoms with E-state index in [2.05, 4.69) is 20.6 Å². The van der Waals surface area contributed by atoms with Crippen LogP contribution in [-0.4, -0.2) is 22.1 Å². The van der Waals surface area contributed by atoms with Gasteiger partial charge in [0.05, 0.1) is 5.60 Å². The second kappa shape index (κ2) is 7.09. The monoisotopic (exact) mass is 394 g/mol. The number of rotatable bonds is 4. The zero-order valence-electron chi connectivity index (χ0n) is 15.8. The van der Waals surface area contributed by atoms with Crippen LogP contribution < -0.4 is 16.1 Å². The Hall–Kier alpha value is -2.61. The van der Waals surface area contributed by atoms with Crippen LogP contribution in [0.25, 0.3) is 0 Å². The smallest absolute Gasteiger partial charge is 0.423 e. The molecular weight excluding hydrogens is 375 g/mol. The van der Waals surface area contributed by atoms with E-state index >= 15 is 0 Å². The summed E-state index contributed by atoms with van der Waals surface area (Å²) in [5.41, 5.74) is 3.41. The van der Waals surface area contributed by atoms with Crippen LogP contribution in [0.2, 0.25) is 5.02 Å². The van der Waals surface area contributed by atoms with Gasteiger partial charge >= 0.3 is 7.12 Å². The third-order valence-electron chi connectivity index (χ3n) is 4.70. The summed E-state index contributed by atoms with van der Waals surface area (Å²) in [4.78, 5) is 8.94. The molecule has 0 unspecified atom stereocenters. The molecule has 0 saturated carbocycles. The fourth-order valence-electron chi connectivity index (χ4n) is 3.26. The van der Waals surface area contributed by atoms with Gasteiger partial charge in [0.15, 0.2) is 0 Å². The number of nitrogens with zero attached hydrogens (tertiary/aromatic N) is 2. The first kappa shape index (κ1) is 18.7. The van der Waals surface area contributed by atoms with E-state index in [1.165, 1.54) is 0 Å². The van der Waals surface area contributed by atoms with Crippen LogP contribution in [0.5, 0.6) is 0 Å². The molecule has 0 saturated heterocycles. The molecule has 2 heterocycles. The van der Waals surface area contributed by atoms with Gasteiger partial charge in [0.25, 0.3) is 0 Å². The summed E-state index contributed by atoms with van der Waals surface area (Å²) >= 11 is 6.39. The van der Waals surface area contributed by atoms with Gasteiger partial charge in [-0.25, -0.2) is 4.98 Å². The van der Waals surface area contributed by atoms with E-state index in [-0.39, 0.29) is 0 Å². The Labute approximate surface area is 169 Å². The quantitative estimate of drug-likeness (QED) is 0.583. The minimum atomic E-state index is -1.02. The highest BCUT2D eigenvalue weighted by molar-refractivity contribution is 6.65.